The van der Waals surface area contributed by atoms with E-state index in [0.29, 0.717) is 18.2 Å². The quantitative estimate of drug-likeness (QED) is 0.662. The van der Waals surface area contributed by atoms with Gasteiger partial charge in [-0.1, -0.05) is 6.92 Å². The van der Waals surface area contributed by atoms with Crippen LogP contribution in [0.3, 0.4) is 0 Å². The highest BCUT2D eigenvalue weighted by molar-refractivity contribution is 6.18. The Hall–Kier alpha value is -0.280. The normalized spacial score (nSPS) is 18.6. The van der Waals surface area contributed by atoms with Crippen molar-refractivity contribution in [3.05, 3.63) is 0 Å². The maximum atomic E-state index is 11.5. The number of carbonyl (C=O) groups excluding carboxylic acids is 1. The molecule has 1 amide bonds. The van der Waals surface area contributed by atoms with Crippen molar-refractivity contribution in [1.82, 2.24) is 9.80 Å². The van der Waals surface area contributed by atoms with Crippen LogP contribution in [0.4, 0.5) is 0 Å². The number of hydrogen-bond acceptors (Lipinski definition) is 2. The SMILES string of the molecule is CCCC(=O)N1CCN(CCCl)CC1. The van der Waals surface area contributed by atoms with Gasteiger partial charge in [-0.15, -0.1) is 11.6 Å². The van der Waals surface area contributed by atoms with Gasteiger partial charge in [0.2, 0.25) is 5.91 Å². The molecule has 1 rings (SSSR count). The molecule has 3 nitrogen and oxygen atoms in total. The van der Waals surface area contributed by atoms with Crippen molar-refractivity contribution in [1.29, 1.82) is 0 Å². The van der Waals surface area contributed by atoms with Gasteiger partial charge in [-0.3, -0.25) is 9.69 Å². The van der Waals surface area contributed by atoms with Crippen molar-refractivity contribution < 1.29 is 4.79 Å². The molecule has 0 spiro atoms. The summed E-state index contributed by atoms with van der Waals surface area (Å²) in [4.78, 5) is 15.8. The van der Waals surface area contributed by atoms with Crippen LogP contribution in [0.5, 0.6) is 0 Å². The fraction of sp³-hybridized carbons (Fsp3) is 0.900. The predicted octanol–water partition coefficient (Wildman–Crippen LogP) is 1.17. The third-order valence-electron chi connectivity index (χ3n) is 2.59. The number of halogens is 1. The Kier molecular flexibility index (Phi) is 5.26. The second-order valence-electron chi connectivity index (χ2n) is 3.66. The van der Waals surface area contributed by atoms with E-state index in [1.54, 1.807) is 0 Å². The number of alkyl halides is 1. The molecule has 0 unspecified atom stereocenters. The summed E-state index contributed by atoms with van der Waals surface area (Å²) in [7, 11) is 0. The minimum Gasteiger partial charge on any atom is -0.340 e. The molecule has 1 heterocycles. The maximum absolute atomic E-state index is 11.5. The first-order valence-electron chi connectivity index (χ1n) is 5.34. The molecule has 1 aliphatic heterocycles. The summed E-state index contributed by atoms with van der Waals surface area (Å²) >= 11 is 5.66. The Morgan fingerprint density at radius 2 is 1.93 bits per heavy atom. The molecule has 0 aromatic carbocycles. The standard InChI is InChI=1S/C10H19ClN2O/c1-2-3-10(14)13-8-6-12(5-4-11)7-9-13/h2-9H2,1H3. The number of carbonyl (C=O) groups is 1. The molecule has 1 fully saturated rings. The van der Waals surface area contributed by atoms with Crippen molar-refractivity contribution in [3.8, 4) is 0 Å². The first kappa shape index (κ1) is 11.8. The third kappa shape index (κ3) is 3.46. The number of nitrogens with zero attached hydrogens (tertiary/aromatic N) is 2. The van der Waals surface area contributed by atoms with Crippen molar-refractivity contribution in [2.45, 2.75) is 19.8 Å². The van der Waals surface area contributed by atoms with Crippen molar-refractivity contribution in [2.24, 2.45) is 0 Å². The second-order valence-corrected chi connectivity index (χ2v) is 4.04. The molecule has 0 aliphatic carbocycles. The number of piperazine rings is 1. The Labute approximate surface area is 91.0 Å². The largest absolute Gasteiger partial charge is 0.340 e. The van der Waals surface area contributed by atoms with Gasteiger partial charge in [-0.05, 0) is 6.42 Å². The lowest BCUT2D eigenvalue weighted by atomic mass is 10.2. The van der Waals surface area contributed by atoms with E-state index in [1.165, 1.54) is 0 Å². The summed E-state index contributed by atoms with van der Waals surface area (Å²) < 4.78 is 0. The Morgan fingerprint density at radius 1 is 1.29 bits per heavy atom. The summed E-state index contributed by atoms with van der Waals surface area (Å²) in [5, 5.41) is 0. The molecule has 82 valence electrons. The van der Waals surface area contributed by atoms with Gasteiger partial charge < -0.3 is 4.90 Å². The van der Waals surface area contributed by atoms with Crippen LogP contribution in [-0.2, 0) is 4.79 Å². The van der Waals surface area contributed by atoms with Crippen molar-refractivity contribution >= 4 is 17.5 Å². The molecule has 0 atom stereocenters. The van der Waals surface area contributed by atoms with Crippen LogP contribution in [0, 0.1) is 0 Å². The predicted molar refractivity (Wildman–Crippen MR) is 58.6 cm³/mol. The molecular weight excluding hydrogens is 200 g/mol. The molecule has 1 saturated heterocycles. The van der Waals surface area contributed by atoms with E-state index in [2.05, 4.69) is 4.90 Å². The molecule has 1 aliphatic rings. The van der Waals surface area contributed by atoms with Gasteiger partial charge in [0.05, 0.1) is 0 Å². The van der Waals surface area contributed by atoms with Crippen LogP contribution in [0.2, 0.25) is 0 Å². The molecule has 0 aromatic rings. The summed E-state index contributed by atoms with van der Waals surface area (Å²) in [6.45, 7) is 6.68. The van der Waals surface area contributed by atoms with E-state index >= 15 is 0 Å². The van der Waals surface area contributed by atoms with Crippen LogP contribution in [-0.4, -0.2) is 54.3 Å². The molecule has 0 saturated carbocycles. The van der Waals surface area contributed by atoms with E-state index in [4.69, 9.17) is 11.6 Å². The van der Waals surface area contributed by atoms with Crippen molar-refractivity contribution in [3.63, 3.8) is 0 Å². The first-order chi connectivity index (χ1) is 6.77. The highest BCUT2D eigenvalue weighted by Gasteiger charge is 2.19. The van der Waals surface area contributed by atoms with Gasteiger partial charge >= 0.3 is 0 Å². The number of rotatable bonds is 4. The van der Waals surface area contributed by atoms with Gasteiger partial charge in [0.1, 0.15) is 0 Å². The minimum absolute atomic E-state index is 0.304. The van der Waals surface area contributed by atoms with Crippen LogP contribution < -0.4 is 0 Å². The van der Waals surface area contributed by atoms with Crippen molar-refractivity contribution in [2.75, 3.05) is 38.6 Å². The summed E-state index contributed by atoms with van der Waals surface area (Å²) in [6.07, 6.45) is 1.64. The van der Waals surface area contributed by atoms with Crippen LogP contribution >= 0.6 is 11.6 Å². The molecule has 4 heteroatoms. The van der Waals surface area contributed by atoms with Gasteiger partial charge in [0.25, 0.3) is 0 Å². The molecule has 0 bridgehead atoms. The number of amides is 1. The zero-order valence-corrected chi connectivity index (χ0v) is 9.59. The summed E-state index contributed by atoms with van der Waals surface area (Å²) in [6, 6.07) is 0. The second kappa shape index (κ2) is 6.25. The van der Waals surface area contributed by atoms with Gasteiger partial charge in [-0.25, -0.2) is 0 Å². The fourth-order valence-electron chi connectivity index (χ4n) is 1.71. The molecule has 0 N–H and O–H groups in total. The van der Waals surface area contributed by atoms with E-state index < -0.39 is 0 Å². The highest BCUT2D eigenvalue weighted by atomic mass is 35.5. The van der Waals surface area contributed by atoms with E-state index in [-0.39, 0.29) is 0 Å². The smallest absolute Gasteiger partial charge is 0.222 e. The highest BCUT2D eigenvalue weighted by Crippen LogP contribution is 2.04. The summed E-state index contributed by atoms with van der Waals surface area (Å²) in [5.41, 5.74) is 0. The van der Waals surface area contributed by atoms with E-state index in [0.717, 1.165) is 39.1 Å². The third-order valence-corrected chi connectivity index (χ3v) is 2.76. The number of hydrogen-bond donors (Lipinski definition) is 0. The topological polar surface area (TPSA) is 23.6 Å². The monoisotopic (exact) mass is 218 g/mol. The van der Waals surface area contributed by atoms with E-state index in [9.17, 15) is 4.79 Å². The average molecular weight is 219 g/mol. The minimum atomic E-state index is 0.304. The Morgan fingerprint density at radius 3 is 2.43 bits per heavy atom. The molecule has 0 radical (unpaired) electrons. The lowest BCUT2D eigenvalue weighted by Gasteiger charge is -2.34. The fourth-order valence-corrected chi connectivity index (χ4v) is 1.95. The van der Waals surface area contributed by atoms with Gasteiger partial charge in [0.15, 0.2) is 0 Å². The van der Waals surface area contributed by atoms with Crippen LogP contribution in [0.1, 0.15) is 19.8 Å². The van der Waals surface area contributed by atoms with Gasteiger partial charge in [-0.2, -0.15) is 0 Å². The van der Waals surface area contributed by atoms with Gasteiger partial charge in [0, 0.05) is 45.0 Å². The first-order valence-corrected chi connectivity index (χ1v) is 5.87. The molecule has 0 aromatic heterocycles. The van der Waals surface area contributed by atoms with Crippen LogP contribution in [0.25, 0.3) is 0 Å². The molecular formula is C10H19ClN2O. The van der Waals surface area contributed by atoms with E-state index in [1.807, 2.05) is 11.8 Å². The zero-order chi connectivity index (χ0) is 10.4. The summed E-state index contributed by atoms with van der Waals surface area (Å²) in [5.74, 6) is 0.987. The average Bonchev–Trinajstić information content (AvgIpc) is 2.20. The Balaban J connectivity index is 2.24. The molecule has 14 heavy (non-hydrogen) atoms. The lowest BCUT2D eigenvalue weighted by molar-refractivity contribution is -0.132. The Bertz CT molecular complexity index is 179. The van der Waals surface area contributed by atoms with Crippen LogP contribution in [0.15, 0.2) is 0 Å². The maximum Gasteiger partial charge on any atom is 0.222 e. The lowest BCUT2D eigenvalue weighted by Crippen LogP contribution is -2.49. The zero-order valence-electron chi connectivity index (χ0n) is 8.84.